The zero-order valence-corrected chi connectivity index (χ0v) is 7.70. The van der Waals surface area contributed by atoms with Crippen molar-refractivity contribution < 1.29 is 0 Å². The maximum absolute atomic E-state index is 5.55. The summed E-state index contributed by atoms with van der Waals surface area (Å²) in [6.07, 6.45) is 1.71. The van der Waals surface area contributed by atoms with Crippen molar-refractivity contribution in [3.05, 3.63) is 36.0 Å². The number of aromatic amines is 1. The highest BCUT2D eigenvalue weighted by molar-refractivity contribution is 5.60. The minimum Gasteiger partial charge on any atom is -0.369 e. The summed E-state index contributed by atoms with van der Waals surface area (Å²) >= 11 is 0. The Bertz CT molecular complexity index is 433. The van der Waals surface area contributed by atoms with E-state index in [9.17, 15) is 0 Å². The molecule has 0 radical (unpaired) electrons. The number of rotatable bonds is 2. The summed E-state index contributed by atoms with van der Waals surface area (Å²) in [5.41, 5.74) is 14.1. The predicted molar refractivity (Wildman–Crippen MR) is 56.3 cm³/mol. The Morgan fingerprint density at radius 2 is 2.21 bits per heavy atom. The van der Waals surface area contributed by atoms with Gasteiger partial charge in [0.1, 0.15) is 0 Å². The second-order valence-corrected chi connectivity index (χ2v) is 3.09. The Labute approximate surface area is 82.0 Å². The first-order valence-electron chi connectivity index (χ1n) is 4.39. The number of benzene rings is 1. The van der Waals surface area contributed by atoms with Gasteiger partial charge >= 0.3 is 0 Å². The van der Waals surface area contributed by atoms with Crippen LogP contribution in [0.5, 0.6) is 0 Å². The van der Waals surface area contributed by atoms with Crippen molar-refractivity contribution >= 4 is 5.95 Å². The molecule has 0 aliphatic rings. The normalized spacial score (nSPS) is 10.4. The van der Waals surface area contributed by atoms with Crippen molar-refractivity contribution in [2.45, 2.75) is 6.54 Å². The lowest BCUT2D eigenvalue weighted by molar-refractivity contribution is 1.07. The van der Waals surface area contributed by atoms with E-state index < -0.39 is 0 Å². The molecule has 0 spiro atoms. The molecule has 0 fully saturated rings. The summed E-state index contributed by atoms with van der Waals surface area (Å²) in [6, 6.07) is 7.97. The first kappa shape index (κ1) is 8.77. The van der Waals surface area contributed by atoms with Gasteiger partial charge in [0.15, 0.2) is 5.95 Å². The summed E-state index contributed by atoms with van der Waals surface area (Å²) in [5.74, 6) is 0.429. The largest absolute Gasteiger partial charge is 0.369 e. The number of anilines is 1. The molecule has 0 saturated heterocycles. The third kappa shape index (κ3) is 1.60. The van der Waals surface area contributed by atoms with E-state index >= 15 is 0 Å². The number of nitrogens with one attached hydrogen (secondary N) is 1. The average Bonchev–Trinajstić information content (AvgIpc) is 2.65. The van der Waals surface area contributed by atoms with Crippen LogP contribution >= 0.6 is 0 Å². The molecule has 0 aliphatic heterocycles. The quantitative estimate of drug-likeness (QED) is 0.660. The smallest absolute Gasteiger partial charge is 0.197 e. The highest BCUT2D eigenvalue weighted by Crippen LogP contribution is 2.18. The van der Waals surface area contributed by atoms with Crippen molar-refractivity contribution in [1.29, 1.82) is 0 Å². The fourth-order valence-electron chi connectivity index (χ4n) is 1.35. The molecule has 0 atom stereocenters. The Morgan fingerprint density at radius 1 is 1.36 bits per heavy atom. The average molecular weight is 188 g/mol. The van der Waals surface area contributed by atoms with Crippen LogP contribution < -0.4 is 11.5 Å². The molecule has 1 aromatic heterocycles. The predicted octanol–water partition coefficient (Wildman–Crippen LogP) is 1.12. The molecule has 14 heavy (non-hydrogen) atoms. The van der Waals surface area contributed by atoms with Gasteiger partial charge < -0.3 is 16.5 Å². The van der Waals surface area contributed by atoms with E-state index in [2.05, 4.69) is 9.97 Å². The standard InChI is InChI=1S/C10H12N4/c11-5-7-2-1-3-8(4-7)9-6-13-10(12)14-9/h1-4,6H,5,11H2,(H3,12,13,14). The van der Waals surface area contributed by atoms with Gasteiger partial charge in [-0.1, -0.05) is 18.2 Å². The number of hydrogen-bond donors (Lipinski definition) is 3. The number of aromatic nitrogens is 2. The van der Waals surface area contributed by atoms with E-state index in [-0.39, 0.29) is 0 Å². The summed E-state index contributed by atoms with van der Waals surface area (Å²) in [4.78, 5) is 6.91. The number of imidazole rings is 1. The second-order valence-electron chi connectivity index (χ2n) is 3.09. The second kappa shape index (κ2) is 3.51. The molecule has 0 bridgehead atoms. The minimum atomic E-state index is 0.429. The molecule has 4 nitrogen and oxygen atoms in total. The molecule has 1 heterocycles. The van der Waals surface area contributed by atoms with E-state index in [4.69, 9.17) is 11.5 Å². The highest BCUT2D eigenvalue weighted by Gasteiger charge is 2.00. The topological polar surface area (TPSA) is 80.7 Å². The van der Waals surface area contributed by atoms with Gasteiger partial charge in [-0.3, -0.25) is 0 Å². The molecule has 0 aliphatic carbocycles. The monoisotopic (exact) mass is 188 g/mol. The summed E-state index contributed by atoms with van der Waals surface area (Å²) in [5, 5.41) is 0. The van der Waals surface area contributed by atoms with E-state index in [0.29, 0.717) is 12.5 Å². The van der Waals surface area contributed by atoms with Crippen molar-refractivity contribution in [3.8, 4) is 11.3 Å². The molecule has 1 aromatic carbocycles. The van der Waals surface area contributed by atoms with Crippen molar-refractivity contribution in [1.82, 2.24) is 9.97 Å². The Kier molecular flexibility index (Phi) is 2.20. The van der Waals surface area contributed by atoms with Crippen LogP contribution in [-0.4, -0.2) is 9.97 Å². The maximum atomic E-state index is 5.55. The van der Waals surface area contributed by atoms with Crippen LogP contribution in [0.15, 0.2) is 30.5 Å². The van der Waals surface area contributed by atoms with E-state index in [0.717, 1.165) is 16.8 Å². The first-order chi connectivity index (χ1) is 6.79. The number of nitrogen functional groups attached to an aromatic ring is 1. The van der Waals surface area contributed by atoms with E-state index in [1.165, 1.54) is 0 Å². The van der Waals surface area contributed by atoms with Crippen LogP contribution in [0.1, 0.15) is 5.56 Å². The molecule has 0 amide bonds. The summed E-state index contributed by atoms with van der Waals surface area (Å²) in [6.45, 7) is 0.539. The Hall–Kier alpha value is -1.81. The van der Waals surface area contributed by atoms with Gasteiger partial charge in [-0.2, -0.15) is 0 Å². The highest BCUT2D eigenvalue weighted by atomic mass is 15.0. The third-order valence-electron chi connectivity index (χ3n) is 2.07. The first-order valence-corrected chi connectivity index (χ1v) is 4.39. The molecule has 72 valence electrons. The minimum absolute atomic E-state index is 0.429. The number of hydrogen-bond acceptors (Lipinski definition) is 3. The Balaban J connectivity index is 2.41. The Morgan fingerprint density at radius 3 is 2.86 bits per heavy atom. The summed E-state index contributed by atoms with van der Waals surface area (Å²) < 4.78 is 0. The van der Waals surface area contributed by atoms with Crippen molar-refractivity contribution in [3.63, 3.8) is 0 Å². The third-order valence-corrected chi connectivity index (χ3v) is 2.07. The van der Waals surface area contributed by atoms with Crippen LogP contribution in [0, 0.1) is 0 Å². The van der Waals surface area contributed by atoms with E-state index in [1.807, 2.05) is 24.3 Å². The molecule has 2 aromatic rings. The van der Waals surface area contributed by atoms with Crippen molar-refractivity contribution in [2.75, 3.05) is 5.73 Å². The van der Waals surface area contributed by atoms with Crippen LogP contribution in [0.2, 0.25) is 0 Å². The fourth-order valence-corrected chi connectivity index (χ4v) is 1.35. The van der Waals surface area contributed by atoms with Crippen LogP contribution in [0.4, 0.5) is 5.95 Å². The van der Waals surface area contributed by atoms with Gasteiger partial charge in [0, 0.05) is 6.54 Å². The molecular formula is C10H12N4. The fraction of sp³-hybridized carbons (Fsp3) is 0.100. The van der Waals surface area contributed by atoms with Gasteiger partial charge in [-0.25, -0.2) is 4.98 Å². The summed E-state index contributed by atoms with van der Waals surface area (Å²) in [7, 11) is 0. The molecule has 0 saturated carbocycles. The molecule has 4 heteroatoms. The molecule has 2 rings (SSSR count). The van der Waals surface area contributed by atoms with Gasteiger partial charge in [0.05, 0.1) is 11.9 Å². The number of H-pyrrole nitrogens is 1. The molecular weight excluding hydrogens is 176 g/mol. The SMILES string of the molecule is NCc1cccc(-c2cnc(N)[nH]2)c1. The number of nitrogens with two attached hydrogens (primary N) is 2. The van der Waals surface area contributed by atoms with Gasteiger partial charge in [0.25, 0.3) is 0 Å². The van der Waals surface area contributed by atoms with Gasteiger partial charge in [-0.05, 0) is 17.2 Å². The lowest BCUT2D eigenvalue weighted by atomic mass is 10.1. The lowest BCUT2D eigenvalue weighted by Gasteiger charge is -2.00. The van der Waals surface area contributed by atoms with Crippen LogP contribution in [0.25, 0.3) is 11.3 Å². The van der Waals surface area contributed by atoms with Gasteiger partial charge in [-0.15, -0.1) is 0 Å². The lowest BCUT2D eigenvalue weighted by Crippen LogP contribution is -1.95. The molecule has 0 unspecified atom stereocenters. The van der Waals surface area contributed by atoms with Crippen LogP contribution in [0.3, 0.4) is 0 Å². The molecule has 5 N–H and O–H groups in total. The maximum Gasteiger partial charge on any atom is 0.197 e. The van der Waals surface area contributed by atoms with Gasteiger partial charge in [0.2, 0.25) is 0 Å². The number of nitrogens with zero attached hydrogens (tertiary/aromatic N) is 1. The van der Waals surface area contributed by atoms with Crippen molar-refractivity contribution in [2.24, 2.45) is 5.73 Å². The van der Waals surface area contributed by atoms with Crippen LogP contribution in [-0.2, 0) is 6.54 Å². The van der Waals surface area contributed by atoms with E-state index in [1.54, 1.807) is 6.20 Å². The zero-order valence-electron chi connectivity index (χ0n) is 7.70. The zero-order chi connectivity index (χ0) is 9.97.